The number of hydrogen-bond acceptors (Lipinski definition) is 3. The van der Waals surface area contributed by atoms with Crippen LogP contribution < -0.4 is 5.32 Å². The van der Waals surface area contributed by atoms with Gasteiger partial charge in [0.1, 0.15) is 11.6 Å². The molecule has 2 heterocycles. The molecule has 25 heavy (non-hydrogen) atoms. The van der Waals surface area contributed by atoms with Gasteiger partial charge in [0.2, 0.25) is 5.91 Å². The fourth-order valence-corrected chi connectivity index (χ4v) is 2.58. The molecule has 1 N–H and O–H groups in total. The zero-order chi connectivity index (χ0) is 17.8. The topological polar surface area (TPSA) is 64.7 Å². The van der Waals surface area contributed by atoms with E-state index in [1.807, 2.05) is 20.0 Å². The largest absolute Gasteiger partial charge is 0.352 e. The number of nitrogens with zero attached hydrogens (tertiary/aromatic N) is 4. The van der Waals surface area contributed by atoms with Crippen molar-refractivity contribution < 1.29 is 9.18 Å². The maximum absolute atomic E-state index is 14.3. The summed E-state index contributed by atoms with van der Waals surface area (Å²) in [5.41, 5.74) is 2.21. The van der Waals surface area contributed by atoms with Crippen molar-refractivity contribution in [2.45, 2.75) is 33.4 Å². The highest BCUT2D eigenvalue weighted by Crippen LogP contribution is 2.16. The number of rotatable bonds is 6. The van der Waals surface area contributed by atoms with E-state index in [1.54, 1.807) is 40.0 Å². The number of amides is 1. The Morgan fingerprint density at radius 1 is 1.32 bits per heavy atom. The first-order valence-electron chi connectivity index (χ1n) is 8.07. The second-order valence-electron chi connectivity index (χ2n) is 5.94. The lowest BCUT2D eigenvalue weighted by atomic mass is 10.2. The van der Waals surface area contributed by atoms with Gasteiger partial charge in [-0.15, -0.1) is 0 Å². The first kappa shape index (κ1) is 16.9. The molecule has 0 unspecified atom stereocenters. The normalized spacial score (nSPS) is 10.8. The lowest BCUT2D eigenvalue weighted by Gasteiger charge is -2.10. The Morgan fingerprint density at radius 2 is 2.16 bits per heavy atom. The van der Waals surface area contributed by atoms with E-state index in [9.17, 15) is 9.18 Å². The summed E-state index contributed by atoms with van der Waals surface area (Å²) in [6.07, 6.45) is 7.32. The Balaban J connectivity index is 1.55. The van der Waals surface area contributed by atoms with E-state index in [2.05, 4.69) is 15.4 Å². The third-order valence-corrected chi connectivity index (χ3v) is 3.92. The standard InChI is InChI=1S/C18H20FN5O/c1-13-10-22-23(12-13)7-5-18(25)21-11-15-3-4-17(16(19)9-15)24-8-6-20-14(24)2/h3-4,6,8-10,12H,5,7,11H2,1-2H3,(H,21,25). The fraction of sp³-hybridized carbons (Fsp3) is 0.278. The van der Waals surface area contributed by atoms with Gasteiger partial charge in [0.05, 0.1) is 11.9 Å². The SMILES string of the molecule is Cc1cnn(CCC(=O)NCc2ccc(-n3ccnc3C)c(F)c2)c1. The maximum atomic E-state index is 14.3. The minimum Gasteiger partial charge on any atom is -0.352 e. The molecule has 0 aliphatic rings. The minimum atomic E-state index is -0.347. The van der Waals surface area contributed by atoms with Crippen LogP contribution in [0.4, 0.5) is 4.39 Å². The van der Waals surface area contributed by atoms with Crippen molar-refractivity contribution in [3.8, 4) is 5.69 Å². The van der Waals surface area contributed by atoms with Crippen molar-refractivity contribution >= 4 is 5.91 Å². The molecule has 0 bridgehead atoms. The fourth-order valence-electron chi connectivity index (χ4n) is 2.58. The van der Waals surface area contributed by atoms with Gasteiger partial charge < -0.3 is 9.88 Å². The van der Waals surface area contributed by atoms with Crippen molar-refractivity contribution in [3.63, 3.8) is 0 Å². The number of aromatic nitrogens is 4. The third kappa shape index (κ3) is 4.12. The number of halogens is 1. The average Bonchev–Trinajstić information content (AvgIpc) is 3.19. The van der Waals surface area contributed by atoms with Crippen LogP contribution in [-0.2, 0) is 17.9 Å². The van der Waals surface area contributed by atoms with Crippen molar-refractivity contribution in [1.82, 2.24) is 24.6 Å². The second kappa shape index (κ2) is 7.29. The van der Waals surface area contributed by atoms with Gasteiger partial charge in [-0.1, -0.05) is 6.07 Å². The Hall–Kier alpha value is -2.96. The summed E-state index contributed by atoms with van der Waals surface area (Å²) in [4.78, 5) is 16.0. The van der Waals surface area contributed by atoms with Crippen molar-refractivity contribution in [2.75, 3.05) is 0 Å². The predicted molar refractivity (Wildman–Crippen MR) is 91.7 cm³/mol. The van der Waals surface area contributed by atoms with Gasteiger partial charge in [-0.25, -0.2) is 9.37 Å². The van der Waals surface area contributed by atoms with E-state index in [1.165, 1.54) is 6.07 Å². The van der Waals surface area contributed by atoms with Gasteiger partial charge in [-0.2, -0.15) is 5.10 Å². The molecule has 1 amide bonds. The molecule has 0 spiro atoms. The summed E-state index contributed by atoms with van der Waals surface area (Å²) in [6.45, 7) is 4.58. The molecule has 7 heteroatoms. The molecule has 0 aliphatic heterocycles. The monoisotopic (exact) mass is 341 g/mol. The summed E-state index contributed by atoms with van der Waals surface area (Å²) in [7, 11) is 0. The van der Waals surface area contributed by atoms with Crippen LogP contribution >= 0.6 is 0 Å². The summed E-state index contributed by atoms with van der Waals surface area (Å²) < 4.78 is 17.7. The van der Waals surface area contributed by atoms with Crippen LogP contribution in [0.2, 0.25) is 0 Å². The van der Waals surface area contributed by atoms with Gasteiger partial charge in [0, 0.05) is 38.1 Å². The van der Waals surface area contributed by atoms with Crippen LogP contribution in [0, 0.1) is 19.7 Å². The third-order valence-electron chi connectivity index (χ3n) is 3.92. The van der Waals surface area contributed by atoms with Crippen molar-refractivity contribution in [2.24, 2.45) is 0 Å². The smallest absolute Gasteiger partial charge is 0.222 e. The molecule has 0 fully saturated rings. The molecule has 1 aromatic carbocycles. The zero-order valence-corrected chi connectivity index (χ0v) is 14.2. The maximum Gasteiger partial charge on any atom is 0.222 e. The average molecular weight is 341 g/mol. The Labute approximate surface area is 145 Å². The number of benzene rings is 1. The molecule has 6 nitrogen and oxygen atoms in total. The van der Waals surface area contributed by atoms with Gasteiger partial charge in [0.15, 0.2) is 0 Å². The van der Waals surface area contributed by atoms with Crippen LogP contribution in [0.1, 0.15) is 23.4 Å². The second-order valence-corrected chi connectivity index (χ2v) is 5.94. The highest BCUT2D eigenvalue weighted by Gasteiger charge is 2.09. The molecule has 2 aromatic heterocycles. The van der Waals surface area contributed by atoms with Crippen molar-refractivity contribution in [1.29, 1.82) is 0 Å². The van der Waals surface area contributed by atoms with Crippen molar-refractivity contribution in [3.05, 3.63) is 65.8 Å². The van der Waals surface area contributed by atoms with Gasteiger partial charge >= 0.3 is 0 Å². The lowest BCUT2D eigenvalue weighted by Crippen LogP contribution is -2.24. The highest BCUT2D eigenvalue weighted by molar-refractivity contribution is 5.75. The summed E-state index contributed by atoms with van der Waals surface area (Å²) >= 11 is 0. The number of nitrogens with one attached hydrogen (secondary N) is 1. The minimum absolute atomic E-state index is 0.0944. The van der Waals surface area contributed by atoms with E-state index < -0.39 is 0 Å². The first-order valence-corrected chi connectivity index (χ1v) is 8.07. The van der Waals surface area contributed by atoms with E-state index in [4.69, 9.17) is 0 Å². The van der Waals surface area contributed by atoms with E-state index in [0.717, 1.165) is 5.56 Å². The van der Waals surface area contributed by atoms with Crippen LogP contribution in [-0.4, -0.2) is 25.2 Å². The van der Waals surface area contributed by atoms with Gasteiger partial charge in [0.25, 0.3) is 0 Å². The molecule has 0 saturated heterocycles. The molecule has 0 atom stereocenters. The number of hydrogen-bond donors (Lipinski definition) is 1. The number of carbonyl (C=O) groups excluding carboxylic acids is 1. The Bertz CT molecular complexity index is 883. The van der Waals surface area contributed by atoms with Crippen LogP contribution in [0.5, 0.6) is 0 Å². The predicted octanol–water partition coefficient (Wildman–Crippen LogP) is 2.53. The van der Waals surface area contributed by atoms with Crippen LogP contribution in [0.15, 0.2) is 43.0 Å². The number of aryl methyl sites for hydroxylation is 3. The Morgan fingerprint density at radius 3 is 2.80 bits per heavy atom. The van der Waals surface area contributed by atoms with E-state index in [-0.39, 0.29) is 18.3 Å². The highest BCUT2D eigenvalue weighted by atomic mass is 19.1. The first-order chi connectivity index (χ1) is 12.0. The Kier molecular flexibility index (Phi) is 4.92. The molecule has 0 saturated carbocycles. The number of imidazole rings is 1. The number of carbonyl (C=O) groups is 1. The zero-order valence-electron chi connectivity index (χ0n) is 14.2. The van der Waals surface area contributed by atoms with Crippen LogP contribution in [0.25, 0.3) is 5.69 Å². The quantitative estimate of drug-likeness (QED) is 0.749. The molecule has 0 aliphatic carbocycles. The summed E-state index contributed by atoms with van der Waals surface area (Å²) in [5.74, 6) is 0.275. The molecule has 130 valence electrons. The van der Waals surface area contributed by atoms with E-state index >= 15 is 0 Å². The summed E-state index contributed by atoms with van der Waals surface area (Å²) in [6, 6.07) is 4.93. The van der Waals surface area contributed by atoms with E-state index in [0.29, 0.717) is 30.0 Å². The molecule has 3 aromatic rings. The molecule has 3 rings (SSSR count). The molecule has 0 radical (unpaired) electrons. The molecular weight excluding hydrogens is 321 g/mol. The van der Waals surface area contributed by atoms with Crippen LogP contribution in [0.3, 0.4) is 0 Å². The summed E-state index contributed by atoms with van der Waals surface area (Å²) in [5, 5.41) is 6.94. The lowest BCUT2D eigenvalue weighted by molar-refractivity contribution is -0.121. The van der Waals surface area contributed by atoms with Gasteiger partial charge in [-0.05, 0) is 37.1 Å². The molecular formula is C18H20FN5O. The van der Waals surface area contributed by atoms with Gasteiger partial charge in [-0.3, -0.25) is 9.48 Å².